The second-order valence-electron chi connectivity index (χ2n) is 5.29. The second-order valence-corrected chi connectivity index (χ2v) is 5.29. The lowest BCUT2D eigenvalue weighted by atomic mass is 9.93. The van der Waals surface area contributed by atoms with Crippen molar-refractivity contribution in [3.8, 4) is 0 Å². The molecule has 0 spiro atoms. The van der Waals surface area contributed by atoms with Crippen LogP contribution in [0.3, 0.4) is 0 Å². The zero-order valence-corrected chi connectivity index (χ0v) is 12.7. The number of rotatable bonds is 3. The fourth-order valence-corrected chi connectivity index (χ4v) is 2.81. The molecule has 1 aromatic carbocycles. The Morgan fingerprint density at radius 1 is 1.16 bits per heavy atom. The van der Waals surface area contributed by atoms with Gasteiger partial charge in [0.05, 0.1) is 11.7 Å². The second kappa shape index (κ2) is 5.17. The molecule has 0 aliphatic carbocycles. The molecule has 1 N–H and O–H groups in total. The highest BCUT2D eigenvalue weighted by Gasteiger charge is 2.21. The zero-order chi connectivity index (χ0) is 14.2. The SMILES string of the molecule is CNC(c1ccc(C)cc1C)c1c(C)nn(C)c1C. The molecule has 0 aliphatic heterocycles. The number of nitrogens with zero attached hydrogens (tertiary/aromatic N) is 2. The van der Waals surface area contributed by atoms with Crippen molar-refractivity contribution >= 4 is 0 Å². The lowest BCUT2D eigenvalue weighted by molar-refractivity contribution is 0.674. The largest absolute Gasteiger partial charge is 0.309 e. The summed E-state index contributed by atoms with van der Waals surface area (Å²) >= 11 is 0. The summed E-state index contributed by atoms with van der Waals surface area (Å²) < 4.78 is 1.96. The molecule has 3 heteroatoms. The molecule has 1 heterocycles. The first kappa shape index (κ1) is 13.8. The van der Waals surface area contributed by atoms with Crippen LogP contribution in [-0.4, -0.2) is 16.8 Å². The standard InChI is InChI=1S/C16H23N3/c1-10-7-8-14(11(2)9-10)16(17-5)15-12(3)18-19(6)13(15)4/h7-9,16-17H,1-6H3. The van der Waals surface area contributed by atoms with Crippen molar-refractivity contribution in [3.63, 3.8) is 0 Å². The third-order valence-corrected chi connectivity index (χ3v) is 3.88. The predicted octanol–water partition coefficient (Wildman–Crippen LogP) is 2.96. The molecule has 0 saturated carbocycles. The Balaban J connectivity index is 2.56. The minimum absolute atomic E-state index is 0.203. The number of hydrogen-bond acceptors (Lipinski definition) is 2. The zero-order valence-electron chi connectivity index (χ0n) is 12.7. The number of aromatic nitrogens is 2. The number of benzene rings is 1. The van der Waals surface area contributed by atoms with Gasteiger partial charge in [-0.25, -0.2) is 0 Å². The molecule has 2 rings (SSSR count). The van der Waals surface area contributed by atoms with E-state index in [1.165, 1.54) is 27.9 Å². The summed E-state index contributed by atoms with van der Waals surface area (Å²) in [6, 6.07) is 6.83. The molecular weight excluding hydrogens is 234 g/mol. The molecule has 19 heavy (non-hydrogen) atoms. The van der Waals surface area contributed by atoms with Crippen LogP contribution in [0.4, 0.5) is 0 Å². The van der Waals surface area contributed by atoms with E-state index in [4.69, 9.17) is 0 Å². The van der Waals surface area contributed by atoms with Crippen LogP contribution in [0.1, 0.15) is 39.7 Å². The molecular formula is C16H23N3. The van der Waals surface area contributed by atoms with E-state index in [2.05, 4.69) is 56.3 Å². The fraction of sp³-hybridized carbons (Fsp3) is 0.438. The van der Waals surface area contributed by atoms with Crippen molar-refractivity contribution in [1.82, 2.24) is 15.1 Å². The van der Waals surface area contributed by atoms with Gasteiger partial charge in [0.1, 0.15) is 0 Å². The summed E-state index contributed by atoms with van der Waals surface area (Å²) in [5, 5.41) is 7.97. The van der Waals surface area contributed by atoms with E-state index in [0.717, 1.165) is 5.69 Å². The summed E-state index contributed by atoms with van der Waals surface area (Å²) in [4.78, 5) is 0. The number of aryl methyl sites for hydroxylation is 4. The van der Waals surface area contributed by atoms with Gasteiger partial charge in [0.25, 0.3) is 0 Å². The van der Waals surface area contributed by atoms with Gasteiger partial charge in [-0.3, -0.25) is 4.68 Å². The molecule has 0 radical (unpaired) electrons. The first-order valence-corrected chi connectivity index (χ1v) is 6.70. The van der Waals surface area contributed by atoms with E-state index in [1.54, 1.807) is 0 Å². The fourth-order valence-electron chi connectivity index (χ4n) is 2.81. The van der Waals surface area contributed by atoms with Gasteiger partial charge in [-0.1, -0.05) is 23.8 Å². The first-order valence-electron chi connectivity index (χ1n) is 6.70. The van der Waals surface area contributed by atoms with Crippen molar-refractivity contribution in [1.29, 1.82) is 0 Å². The topological polar surface area (TPSA) is 29.9 Å². The van der Waals surface area contributed by atoms with Gasteiger partial charge in [-0.2, -0.15) is 5.10 Å². The summed E-state index contributed by atoms with van der Waals surface area (Å²) in [7, 11) is 4.01. The third-order valence-electron chi connectivity index (χ3n) is 3.88. The van der Waals surface area contributed by atoms with Crippen LogP contribution in [0.15, 0.2) is 18.2 Å². The van der Waals surface area contributed by atoms with Gasteiger partial charge in [0.15, 0.2) is 0 Å². The van der Waals surface area contributed by atoms with Gasteiger partial charge in [-0.05, 0) is 45.9 Å². The van der Waals surface area contributed by atoms with Crippen molar-refractivity contribution in [2.75, 3.05) is 7.05 Å². The summed E-state index contributed by atoms with van der Waals surface area (Å²) in [5.41, 5.74) is 7.55. The van der Waals surface area contributed by atoms with Crippen molar-refractivity contribution in [2.24, 2.45) is 7.05 Å². The maximum absolute atomic E-state index is 4.53. The van der Waals surface area contributed by atoms with Crippen LogP contribution in [0.5, 0.6) is 0 Å². The van der Waals surface area contributed by atoms with E-state index in [0.29, 0.717) is 0 Å². The molecule has 0 saturated heterocycles. The van der Waals surface area contributed by atoms with Crippen LogP contribution in [0, 0.1) is 27.7 Å². The van der Waals surface area contributed by atoms with E-state index >= 15 is 0 Å². The lowest BCUT2D eigenvalue weighted by Gasteiger charge is -2.20. The molecule has 2 aromatic rings. The number of nitrogens with one attached hydrogen (secondary N) is 1. The quantitative estimate of drug-likeness (QED) is 0.916. The molecule has 1 atom stereocenters. The van der Waals surface area contributed by atoms with Crippen molar-refractivity contribution in [3.05, 3.63) is 51.8 Å². The Labute approximate surface area is 115 Å². The molecule has 1 aromatic heterocycles. The summed E-state index contributed by atoms with van der Waals surface area (Å²) in [5.74, 6) is 0. The Morgan fingerprint density at radius 3 is 2.32 bits per heavy atom. The van der Waals surface area contributed by atoms with Gasteiger partial charge in [0, 0.05) is 18.3 Å². The average molecular weight is 257 g/mol. The average Bonchev–Trinajstić information content (AvgIpc) is 2.59. The summed E-state index contributed by atoms with van der Waals surface area (Å²) in [6.07, 6.45) is 0. The number of hydrogen-bond donors (Lipinski definition) is 1. The van der Waals surface area contributed by atoms with Crippen LogP contribution in [0.25, 0.3) is 0 Å². The van der Waals surface area contributed by atoms with Crippen LogP contribution >= 0.6 is 0 Å². The Hall–Kier alpha value is -1.61. The highest BCUT2D eigenvalue weighted by molar-refractivity contribution is 5.41. The molecule has 102 valence electrons. The molecule has 3 nitrogen and oxygen atoms in total. The third kappa shape index (κ3) is 2.43. The van der Waals surface area contributed by atoms with Gasteiger partial charge in [0.2, 0.25) is 0 Å². The highest BCUT2D eigenvalue weighted by atomic mass is 15.3. The summed E-state index contributed by atoms with van der Waals surface area (Å²) in [6.45, 7) is 8.51. The molecule has 0 bridgehead atoms. The van der Waals surface area contributed by atoms with Crippen LogP contribution < -0.4 is 5.32 Å². The Kier molecular flexibility index (Phi) is 3.76. The maximum Gasteiger partial charge on any atom is 0.0647 e. The van der Waals surface area contributed by atoms with Gasteiger partial charge < -0.3 is 5.32 Å². The first-order chi connectivity index (χ1) is 8.95. The van der Waals surface area contributed by atoms with E-state index in [1.807, 2.05) is 18.8 Å². The van der Waals surface area contributed by atoms with E-state index < -0.39 is 0 Å². The monoisotopic (exact) mass is 257 g/mol. The minimum atomic E-state index is 0.203. The highest BCUT2D eigenvalue weighted by Crippen LogP contribution is 2.29. The normalized spacial score (nSPS) is 12.7. The molecule has 0 aliphatic rings. The van der Waals surface area contributed by atoms with Gasteiger partial charge >= 0.3 is 0 Å². The minimum Gasteiger partial charge on any atom is -0.309 e. The van der Waals surface area contributed by atoms with E-state index in [9.17, 15) is 0 Å². The molecule has 0 amide bonds. The lowest BCUT2D eigenvalue weighted by Crippen LogP contribution is -2.20. The molecule has 0 fully saturated rings. The van der Waals surface area contributed by atoms with Crippen molar-refractivity contribution < 1.29 is 0 Å². The Bertz CT molecular complexity index is 596. The Morgan fingerprint density at radius 2 is 1.84 bits per heavy atom. The van der Waals surface area contributed by atoms with E-state index in [-0.39, 0.29) is 6.04 Å². The smallest absolute Gasteiger partial charge is 0.0647 e. The van der Waals surface area contributed by atoms with Crippen molar-refractivity contribution in [2.45, 2.75) is 33.7 Å². The molecule has 1 unspecified atom stereocenters. The van der Waals surface area contributed by atoms with Crippen LogP contribution in [-0.2, 0) is 7.05 Å². The van der Waals surface area contributed by atoms with Crippen LogP contribution in [0.2, 0.25) is 0 Å². The predicted molar refractivity (Wildman–Crippen MR) is 79.5 cm³/mol. The maximum atomic E-state index is 4.53. The van der Waals surface area contributed by atoms with Gasteiger partial charge in [-0.15, -0.1) is 0 Å².